The number of aromatic amines is 1. The highest BCUT2D eigenvalue weighted by Crippen LogP contribution is 2.38. The average Bonchev–Trinajstić information content (AvgIpc) is 3.04. The number of benzene rings is 1. The van der Waals surface area contributed by atoms with Crippen molar-refractivity contribution >= 4 is 33.7 Å². The highest BCUT2D eigenvalue weighted by atomic mass is 32.1. The normalized spacial score (nSPS) is 16.5. The lowest BCUT2D eigenvalue weighted by Gasteiger charge is -2.17. The maximum absolute atomic E-state index is 12.7. The minimum Gasteiger partial charge on any atom is -0.502 e. The van der Waals surface area contributed by atoms with Gasteiger partial charge in [0.1, 0.15) is 10.7 Å². The molecule has 7 heteroatoms. The first-order valence-electron chi connectivity index (χ1n) is 9.17. The third-order valence-corrected chi connectivity index (χ3v) is 6.27. The van der Waals surface area contributed by atoms with Crippen molar-refractivity contribution in [2.24, 2.45) is 5.92 Å². The number of ether oxygens (including phenoxy) is 2. The van der Waals surface area contributed by atoms with Crippen LogP contribution in [0.15, 0.2) is 16.9 Å². The summed E-state index contributed by atoms with van der Waals surface area (Å²) in [6.45, 7) is 2.25. The van der Waals surface area contributed by atoms with Crippen molar-refractivity contribution in [1.29, 1.82) is 0 Å². The number of aromatic nitrogens is 2. The van der Waals surface area contributed by atoms with Crippen molar-refractivity contribution in [1.82, 2.24) is 9.97 Å². The zero-order valence-corrected chi connectivity index (χ0v) is 16.9. The third-order valence-electron chi connectivity index (χ3n) is 5.12. The Labute approximate surface area is 166 Å². The van der Waals surface area contributed by atoms with Crippen LogP contribution in [0.3, 0.4) is 0 Å². The van der Waals surface area contributed by atoms with Crippen LogP contribution in [0.4, 0.5) is 0 Å². The number of nitrogens with zero attached hydrogens (tertiary/aromatic N) is 1. The number of aromatic hydroxyl groups is 1. The molecule has 4 rings (SSSR count). The SMILES string of the molecule is COc1cc(/C=C/c2nc3sc4c(c3c(=O)[nH]2)CC[C@H](C)C4)cc(OC)c1O. The van der Waals surface area contributed by atoms with Crippen LogP contribution in [0, 0.1) is 5.92 Å². The highest BCUT2D eigenvalue weighted by molar-refractivity contribution is 7.18. The molecule has 0 amide bonds. The molecule has 28 heavy (non-hydrogen) atoms. The summed E-state index contributed by atoms with van der Waals surface area (Å²) in [5, 5.41) is 10.8. The molecule has 1 aliphatic carbocycles. The molecule has 0 fully saturated rings. The van der Waals surface area contributed by atoms with Gasteiger partial charge in [0.25, 0.3) is 5.56 Å². The number of methoxy groups -OCH3 is 2. The van der Waals surface area contributed by atoms with E-state index < -0.39 is 0 Å². The lowest BCUT2D eigenvalue weighted by molar-refractivity contribution is 0.340. The molecular weight excluding hydrogens is 376 g/mol. The van der Waals surface area contributed by atoms with Crippen LogP contribution in [0.25, 0.3) is 22.4 Å². The quantitative estimate of drug-likeness (QED) is 0.694. The molecule has 0 bridgehead atoms. The van der Waals surface area contributed by atoms with Gasteiger partial charge < -0.3 is 19.6 Å². The Morgan fingerprint density at radius 3 is 2.64 bits per heavy atom. The van der Waals surface area contributed by atoms with Crippen LogP contribution in [-0.2, 0) is 12.8 Å². The zero-order chi connectivity index (χ0) is 19.8. The van der Waals surface area contributed by atoms with E-state index in [4.69, 9.17) is 9.47 Å². The van der Waals surface area contributed by atoms with E-state index >= 15 is 0 Å². The number of thiophene rings is 1. The van der Waals surface area contributed by atoms with E-state index in [1.54, 1.807) is 35.6 Å². The fraction of sp³-hybridized carbons (Fsp3) is 0.333. The molecule has 1 aliphatic rings. The van der Waals surface area contributed by atoms with Gasteiger partial charge in [-0.25, -0.2) is 4.98 Å². The molecule has 146 valence electrons. The molecule has 0 saturated heterocycles. The minimum absolute atomic E-state index is 0.0477. The monoisotopic (exact) mass is 398 g/mol. The second-order valence-electron chi connectivity index (χ2n) is 7.09. The number of H-pyrrole nitrogens is 1. The first-order chi connectivity index (χ1) is 13.5. The largest absolute Gasteiger partial charge is 0.502 e. The van der Waals surface area contributed by atoms with E-state index in [-0.39, 0.29) is 11.3 Å². The van der Waals surface area contributed by atoms with Gasteiger partial charge in [0, 0.05) is 4.88 Å². The molecule has 1 atom stereocenters. The Kier molecular flexibility index (Phi) is 4.85. The Bertz CT molecular complexity index is 1100. The lowest BCUT2D eigenvalue weighted by Crippen LogP contribution is -2.13. The van der Waals surface area contributed by atoms with Crippen LogP contribution in [0.2, 0.25) is 0 Å². The molecule has 2 aromatic heterocycles. The average molecular weight is 398 g/mol. The van der Waals surface area contributed by atoms with Crippen molar-refractivity contribution < 1.29 is 14.6 Å². The number of phenols is 1. The molecule has 6 nitrogen and oxygen atoms in total. The number of hydrogen-bond acceptors (Lipinski definition) is 6. The minimum atomic E-state index is -0.0856. The summed E-state index contributed by atoms with van der Waals surface area (Å²) in [5.41, 5.74) is 1.85. The summed E-state index contributed by atoms with van der Waals surface area (Å²) < 4.78 is 10.4. The van der Waals surface area contributed by atoms with Crippen molar-refractivity contribution in [3.05, 3.63) is 44.3 Å². The Morgan fingerprint density at radius 1 is 1.25 bits per heavy atom. The van der Waals surface area contributed by atoms with E-state index in [9.17, 15) is 9.90 Å². The summed E-state index contributed by atoms with van der Waals surface area (Å²) in [7, 11) is 2.96. The third kappa shape index (κ3) is 3.26. The maximum Gasteiger partial charge on any atom is 0.260 e. The van der Waals surface area contributed by atoms with Crippen molar-refractivity contribution in [3.63, 3.8) is 0 Å². The summed E-state index contributed by atoms with van der Waals surface area (Å²) in [6, 6.07) is 3.38. The number of nitrogens with one attached hydrogen (secondary N) is 1. The fourth-order valence-electron chi connectivity index (χ4n) is 3.63. The van der Waals surface area contributed by atoms with Crippen molar-refractivity contribution in [3.8, 4) is 17.2 Å². The number of fused-ring (bicyclic) bond motifs is 3. The van der Waals surface area contributed by atoms with Crippen molar-refractivity contribution in [2.45, 2.75) is 26.2 Å². The van der Waals surface area contributed by atoms with Crippen LogP contribution in [0.1, 0.15) is 35.2 Å². The Hall–Kier alpha value is -2.80. The molecule has 3 aromatic rings. The van der Waals surface area contributed by atoms with Gasteiger partial charge in [-0.3, -0.25) is 4.79 Å². The second kappa shape index (κ2) is 7.31. The molecule has 0 aliphatic heterocycles. The van der Waals surface area contributed by atoms with Gasteiger partial charge in [-0.15, -0.1) is 11.3 Å². The fourth-order valence-corrected chi connectivity index (χ4v) is 5.02. The second-order valence-corrected chi connectivity index (χ2v) is 8.17. The Balaban J connectivity index is 1.72. The molecular formula is C21H22N2O4S. The smallest absolute Gasteiger partial charge is 0.260 e. The van der Waals surface area contributed by atoms with Crippen molar-refractivity contribution in [2.75, 3.05) is 14.2 Å². The van der Waals surface area contributed by atoms with E-state index in [1.807, 2.05) is 0 Å². The van der Waals surface area contributed by atoms with E-state index in [1.165, 1.54) is 24.7 Å². The first kappa shape index (κ1) is 18.6. The zero-order valence-electron chi connectivity index (χ0n) is 16.0. The Morgan fingerprint density at radius 2 is 1.96 bits per heavy atom. The summed E-state index contributed by atoms with van der Waals surface area (Å²) in [4.78, 5) is 22.3. The predicted octanol–water partition coefficient (Wildman–Crippen LogP) is 4.00. The lowest BCUT2D eigenvalue weighted by atomic mass is 9.89. The van der Waals surface area contributed by atoms with Gasteiger partial charge in [0.15, 0.2) is 11.5 Å². The maximum atomic E-state index is 12.7. The number of phenolic OH excluding ortho intramolecular Hbond substituents is 1. The number of hydrogen-bond donors (Lipinski definition) is 2. The van der Waals surface area contributed by atoms with Gasteiger partial charge in [-0.2, -0.15) is 0 Å². The molecule has 1 aromatic carbocycles. The van der Waals surface area contributed by atoms with Crippen LogP contribution in [0.5, 0.6) is 17.2 Å². The van der Waals surface area contributed by atoms with Crippen LogP contribution in [-0.4, -0.2) is 29.3 Å². The van der Waals surface area contributed by atoms with Gasteiger partial charge in [0.2, 0.25) is 5.75 Å². The number of rotatable bonds is 4. The summed E-state index contributed by atoms with van der Waals surface area (Å²) >= 11 is 1.63. The summed E-state index contributed by atoms with van der Waals surface area (Å²) in [5.74, 6) is 1.73. The van der Waals surface area contributed by atoms with E-state index in [0.717, 1.165) is 35.0 Å². The van der Waals surface area contributed by atoms with Gasteiger partial charge in [-0.05, 0) is 54.5 Å². The van der Waals surface area contributed by atoms with Crippen LogP contribution >= 0.6 is 11.3 Å². The molecule has 2 heterocycles. The molecule has 0 spiro atoms. The highest BCUT2D eigenvalue weighted by Gasteiger charge is 2.22. The first-order valence-corrected chi connectivity index (χ1v) is 9.99. The molecule has 0 saturated carbocycles. The van der Waals surface area contributed by atoms with Gasteiger partial charge in [0.05, 0.1) is 19.6 Å². The van der Waals surface area contributed by atoms with Gasteiger partial charge >= 0.3 is 0 Å². The van der Waals surface area contributed by atoms with E-state index in [2.05, 4.69) is 16.9 Å². The number of aryl methyl sites for hydroxylation is 1. The topological polar surface area (TPSA) is 84.4 Å². The summed E-state index contributed by atoms with van der Waals surface area (Å²) in [6.07, 6.45) is 6.62. The van der Waals surface area contributed by atoms with Crippen LogP contribution < -0.4 is 15.0 Å². The van der Waals surface area contributed by atoms with Gasteiger partial charge in [-0.1, -0.05) is 13.0 Å². The van der Waals surface area contributed by atoms with E-state index in [0.29, 0.717) is 23.2 Å². The molecule has 0 unspecified atom stereocenters. The molecule has 0 radical (unpaired) electrons. The predicted molar refractivity (Wildman–Crippen MR) is 112 cm³/mol. The molecule has 2 N–H and O–H groups in total. The standard InChI is InChI=1S/C21H22N2O4S/c1-11-4-6-13-16(8-11)28-21-18(13)20(25)22-17(23-21)7-5-12-9-14(26-2)19(24)15(10-12)27-3/h5,7,9-11,24H,4,6,8H2,1-3H3,(H,22,23,25)/b7-5+/t11-/m0/s1.